The Morgan fingerprint density at radius 3 is 2.34 bits per heavy atom. The molecule has 0 unspecified atom stereocenters. The average Bonchev–Trinajstić information content (AvgIpc) is 3.04. The summed E-state index contributed by atoms with van der Waals surface area (Å²) in [5.74, 6) is 1.21. The van der Waals surface area contributed by atoms with Crippen LogP contribution in [0.2, 0.25) is 0 Å². The fourth-order valence-corrected chi connectivity index (χ4v) is 2.73. The molecule has 0 aliphatic rings. The molecule has 0 bridgehead atoms. The minimum atomic E-state index is -0.452. The molecule has 0 saturated heterocycles. The predicted octanol–water partition coefficient (Wildman–Crippen LogP) is 4.20. The van der Waals surface area contributed by atoms with E-state index in [1.807, 2.05) is 37.3 Å². The SMILES string of the molecule is Cc1noc(C)c1CCC(=O)OCC(=O)Nc1ccc(Oc2ccccc2)cc1. The predicted molar refractivity (Wildman–Crippen MR) is 107 cm³/mol. The highest BCUT2D eigenvalue weighted by Crippen LogP contribution is 2.22. The van der Waals surface area contributed by atoms with Crippen LogP contribution in [-0.4, -0.2) is 23.6 Å². The maximum absolute atomic E-state index is 12.0. The van der Waals surface area contributed by atoms with E-state index in [-0.39, 0.29) is 13.0 Å². The molecular weight excluding hydrogens is 372 g/mol. The number of rotatable bonds is 8. The number of carbonyl (C=O) groups is 2. The van der Waals surface area contributed by atoms with E-state index in [4.69, 9.17) is 14.0 Å². The van der Waals surface area contributed by atoms with Crippen molar-refractivity contribution in [3.63, 3.8) is 0 Å². The second-order valence-electron chi connectivity index (χ2n) is 6.45. The van der Waals surface area contributed by atoms with Gasteiger partial charge in [-0.05, 0) is 56.7 Å². The van der Waals surface area contributed by atoms with Gasteiger partial charge in [-0.15, -0.1) is 0 Å². The molecule has 1 N–H and O–H groups in total. The third kappa shape index (κ3) is 5.93. The number of anilines is 1. The summed E-state index contributed by atoms with van der Waals surface area (Å²) in [5.41, 5.74) is 2.24. The smallest absolute Gasteiger partial charge is 0.306 e. The number of amides is 1. The Kier molecular flexibility index (Phi) is 6.63. The molecule has 1 amide bonds. The van der Waals surface area contributed by atoms with Crippen molar-refractivity contribution < 1.29 is 23.6 Å². The lowest BCUT2D eigenvalue weighted by molar-refractivity contribution is -0.147. The van der Waals surface area contributed by atoms with Crippen molar-refractivity contribution in [1.29, 1.82) is 0 Å². The molecule has 0 aliphatic carbocycles. The first kappa shape index (κ1) is 20.1. The topological polar surface area (TPSA) is 90.7 Å². The van der Waals surface area contributed by atoms with Gasteiger partial charge in [-0.2, -0.15) is 0 Å². The van der Waals surface area contributed by atoms with Crippen molar-refractivity contribution in [2.45, 2.75) is 26.7 Å². The van der Waals surface area contributed by atoms with Gasteiger partial charge in [0.05, 0.1) is 5.69 Å². The number of aryl methyl sites for hydroxylation is 2. The highest BCUT2D eigenvalue weighted by atomic mass is 16.5. The van der Waals surface area contributed by atoms with Gasteiger partial charge in [0.1, 0.15) is 17.3 Å². The number of benzene rings is 2. The maximum Gasteiger partial charge on any atom is 0.306 e. The summed E-state index contributed by atoms with van der Waals surface area (Å²) < 4.78 is 15.8. The molecule has 0 fully saturated rings. The Hall–Kier alpha value is -3.61. The van der Waals surface area contributed by atoms with Crippen LogP contribution in [0.25, 0.3) is 0 Å². The summed E-state index contributed by atoms with van der Waals surface area (Å²) in [6.45, 7) is 3.27. The number of nitrogens with one attached hydrogen (secondary N) is 1. The van der Waals surface area contributed by atoms with Crippen molar-refractivity contribution >= 4 is 17.6 Å². The van der Waals surface area contributed by atoms with Crippen LogP contribution in [0.4, 0.5) is 5.69 Å². The second-order valence-corrected chi connectivity index (χ2v) is 6.45. The number of esters is 1. The van der Waals surface area contributed by atoms with Crippen LogP contribution >= 0.6 is 0 Å². The first-order valence-electron chi connectivity index (χ1n) is 9.21. The first-order chi connectivity index (χ1) is 14.0. The van der Waals surface area contributed by atoms with Crippen LogP contribution in [0.5, 0.6) is 11.5 Å². The summed E-state index contributed by atoms with van der Waals surface area (Å²) >= 11 is 0. The van der Waals surface area contributed by atoms with Gasteiger partial charge < -0.3 is 19.3 Å². The summed E-state index contributed by atoms with van der Waals surface area (Å²) in [5, 5.41) is 6.52. The van der Waals surface area contributed by atoms with Gasteiger partial charge in [0.2, 0.25) is 0 Å². The zero-order chi connectivity index (χ0) is 20.6. The van der Waals surface area contributed by atoms with E-state index >= 15 is 0 Å². The largest absolute Gasteiger partial charge is 0.457 e. The second kappa shape index (κ2) is 9.54. The number of para-hydroxylation sites is 1. The fraction of sp³-hybridized carbons (Fsp3) is 0.227. The minimum Gasteiger partial charge on any atom is -0.457 e. The van der Waals surface area contributed by atoms with E-state index in [0.29, 0.717) is 23.6 Å². The Bertz CT molecular complexity index is 945. The van der Waals surface area contributed by atoms with E-state index in [1.54, 1.807) is 31.2 Å². The lowest BCUT2D eigenvalue weighted by atomic mass is 10.1. The lowest BCUT2D eigenvalue weighted by Gasteiger charge is -2.08. The van der Waals surface area contributed by atoms with Gasteiger partial charge in [-0.1, -0.05) is 23.4 Å². The summed E-state index contributed by atoms with van der Waals surface area (Å²) in [4.78, 5) is 23.9. The molecule has 3 rings (SSSR count). The number of aromatic nitrogens is 1. The molecule has 7 nitrogen and oxygen atoms in total. The van der Waals surface area contributed by atoms with Gasteiger partial charge >= 0.3 is 5.97 Å². The fourth-order valence-electron chi connectivity index (χ4n) is 2.73. The van der Waals surface area contributed by atoms with Crippen LogP contribution < -0.4 is 10.1 Å². The quantitative estimate of drug-likeness (QED) is 0.576. The highest BCUT2D eigenvalue weighted by molar-refractivity contribution is 5.92. The Morgan fingerprint density at radius 1 is 1.00 bits per heavy atom. The van der Waals surface area contributed by atoms with Crippen LogP contribution in [0.1, 0.15) is 23.4 Å². The standard InChI is InChI=1S/C22H22N2O5/c1-15-20(16(2)29-24-15)12-13-22(26)27-14-21(25)23-17-8-10-19(11-9-17)28-18-6-4-3-5-7-18/h3-11H,12-14H2,1-2H3,(H,23,25). The molecular formula is C22H22N2O5. The molecule has 0 aliphatic heterocycles. The average molecular weight is 394 g/mol. The molecule has 1 aromatic heterocycles. The molecule has 1 heterocycles. The number of hydrogen-bond acceptors (Lipinski definition) is 6. The van der Waals surface area contributed by atoms with Crippen LogP contribution in [0.3, 0.4) is 0 Å². The monoisotopic (exact) mass is 394 g/mol. The van der Waals surface area contributed by atoms with E-state index in [9.17, 15) is 9.59 Å². The number of ether oxygens (including phenoxy) is 2. The Labute approximate surface area is 168 Å². The molecule has 0 radical (unpaired) electrons. The molecule has 7 heteroatoms. The zero-order valence-corrected chi connectivity index (χ0v) is 16.3. The first-order valence-corrected chi connectivity index (χ1v) is 9.21. The van der Waals surface area contributed by atoms with E-state index in [0.717, 1.165) is 17.0 Å². The van der Waals surface area contributed by atoms with Gasteiger partial charge in [0, 0.05) is 17.7 Å². The highest BCUT2D eigenvalue weighted by Gasteiger charge is 2.13. The van der Waals surface area contributed by atoms with Gasteiger partial charge in [0.25, 0.3) is 5.91 Å². The van der Waals surface area contributed by atoms with E-state index in [2.05, 4.69) is 10.5 Å². The van der Waals surface area contributed by atoms with Crippen molar-refractivity contribution in [2.75, 3.05) is 11.9 Å². The van der Waals surface area contributed by atoms with Gasteiger partial charge in [-0.25, -0.2) is 0 Å². The van der Waals surface area contributed by atoms with Crippen molar-refractivity contribution in [2.24, 2.45) is 0 Å². The lowest BCUT2D eigenvalue weighted by Crippen LogP contribution is -2.21. The maximum atomic E-state index is 12.0. The van der Waals surface area contributed by atoms with Crippen LogP contribution in [-0.2, 0) is 20.7 Å². The van der Waals surface area contributed by atoms with E-state index < -0.39 is 11.9 Å². The summed E-state index contributed by atoms with van der Waals surface area (Å²) in [7, 11) is 0. The molecule has 0 atom stereocenters. The zero-order valence-electron chi connectivity index (χ0n) is 16.3. The van der Waals surface area contributed by atoms with Crippen LogP contribution in [0.15, 0.2) is 59.1 Å². The molecule has 150 valence electrons. The van der Waals surface area contributed by atoms with Crippen molar-refractivity contribution in [1.82, 2.24) is 5.16 Å². The normalized spacial score (nSPS) is 10.4. The number of carbonyl (C=O) groups excluding carboxylic acids is 2. The Balaban J connectivity index is 1.41. The van der Waals surface area contributed by atoms with Crippen molar-refractivity contribution in [3.05, 3.63) is 71.6 Å². The van der Waals surface area contributed by atoms with Gasteiger partial charge in [-0.3, -0.25) is 9.59 Å². The molecule has 3 aromatic rings. The van der Waals surface area contributed by atoms with Gasteiger partial charge in [0.15, 0.2) is 6.61 Å². The summed E-state index contributed by atoms with van der Waals surface area (Å²) in [6, 6.07) is 16.3. The molecule has 0 spiro atoms. The molecule has 2 aromatic carbocycles. The Morgan fingerprint density at radius 2 is 1.69 bits per heavy atom. The summed E-state index contributed by atoms with van der Waals surface area (Å²) in [6.07, 6.45) is 0.617. The minimum absolute atomic E-state index is 0.154. The van der Waals surface area contributed by atoms with Crippen LogP contribution in [0, 0.1) is 13.8 Å². The number of hydrogen-bond donors (Lipinski definition) is 1. The molecule has 0 saturated carbocycles. The third-order valence-electron chi connectivity index (χ3n) is 4.24. The third-order valence-corrected chi connectivity index (χ3v) is 4.24. The molecule has 29 heavy (non-hydrogen) atoms. The van der Waals surface area contributed by atoms with Crippen molar-refractivity contribution in [3.8, 4) is 11.5 Å². The van der Waals surface area contributed by atoms with E-state index in [1.165, 1.54) is 0 Å². The number of nitrogens with zero attached hydrogens (tertiary/aromatic N) is 1.